The summed E-state index contributed by atoms with van der Waals surface area (Å²) in [4.78, 5) is 26.3. The first-order valence-corrected chi connectivity index (χ1v) is 5.66. The number of carboxylic acids is 1. The number of rotatable bonds is 3. The molecule has 1 unspecified atom stereocenters. The van der Waals surface area contributed by atoms with E-state index < -0.39 is 12.0 Å². The van der Waals surface area contributed by atoms with Crippen LogP contribution in [0.2, 0.25) is 0 Å². The average Bonchev–Trinajstić information content (AvgIpc) is 2.85. The fourth-order valence-electron chi connectivity index (χ4n) is 1.71. The molecule has 1 aromatic rings. The maximum atomic E-state index is 11.7. The minimum absolute atomic E-state index is 0.127. The fourth-order valence-corrected chi connectivity index (χ4v) is 1.71. The molecule has 1 aliphatic carbocycles. The van der Waals surface area contributed by atoms with Gasteiger partial charge in [-0.2, -0.15) is 0 Å². The summed E-state index contributed by atoms with van der Waals surface area (Å²) in [7, 11) is 0. The van der Waals surface area contributed by atoms with Crippen LogP contribution in [-0.2, 0) is 0 Å². The largest absolute Gasteiger partial charge is 0.476 e. The number of carbonyl (C=O) groups is 2. The van der Waals surface area contributed by atoms with Gasteiger partial charge in [-0.25, -0.2) is 14.6 Å². The first-order chi connectivity index (χ1) is 8.40. The number of nitrogens with one attached hydrogen (secondary N) is 2. The summed E-state index contributed by atoms with van der Waals surface area (Å²) in [5, 5.41) is 14.2. The summed E-state index contributed by atoms with van der Waals surface area (Å²) < 4.78 is 0. The minimum atomic E-state index is -1.17. The van der Waals surface area contributed by atoms with Crippen molar-refractivity contribution in [1.82, 2.24) is 10.3 Å². The second kappa shape index (κ2) is 4.29. The third-order valence-corrected chi connectivity index (χ3v) is 3.08. The van der Waals surface area contributed by atoms with Gasteiger partial charge in [0.2, 0.25) is 0 Å². The Morgan fingerprint density at radius 3 is 2.72 bits per heavy atom. The molecule has 6 heteroatoms. The van der Waals surface area contributed by atoms with Crippen molar-refractivity contribution >= 4 is 17.7 Å². The van der Waals surface area contributed by atoms with E-state index in [9.17, 15) is 9.59 Å². The van der Waals surface area contributed by atoms with E-state index in [-0.39, 0.29) is 22.8 Å². The molecule has 1 aromatic heterocycles. The Morgan fingerprint density at radius 2 is 2.17 bits per heavy atom. The molecule has 1 saturated carbocycles. The van der Waals surface area contributed by atoms with Crippen molar-refractivity contribution < 1.29 is 14.7 Å². The highest BCUT2D eigenvalue weighted by Gasteiger charge is 2.46. The fraction of sp³-hybridized carbons (Fsp3) is 0.417. The van der Waals surface area contributed by atoms with Crippen molar-refractivity contribution in [2.75, 3.05) is 5.32 Å². The number of carboxylic acid groups (broad SMARTS) is 1. The first kappa shape index (κ1) is 12.3. The Balaban J connectivity index is 2.01. The van der Waals surface area contributed by atoms with Crippen LogP contribution in [0.1, 0.15) is 30.8 Å². The number of amides is 2. The van der Waals surface area contributed by atoms with Gasteiger partial charge in [-0.05, 0) is 24.0 Å². The molecule has 0 spiro atoms. The summed E-state index contributed by atoms with van der Waals surface area (Å²) in [6.07, 6.45) is 2.30. The number of nitrogens with zero attached hydrogens (tertiary/aromatic N) is 1. The summed E-state index contributed by atoms with van der Waals surface area (Å²) in [6.45, 7) is 4.12. The van der Waals surface area contributed by atoms with E-state index in [1.165, 1.54) is 12.3 Å². The van der Waals surface area contributed by atoms with E-state index >= 15 is 0 Å². The number of urea groups is 1. The molecular formula is C12H15N3O3. The smallest absolute Gasteiger partial charge is 0.356 e. The van der Waals surface area contributed by atoms with Crippen LogP contribution < -0.4 is 10.6 Å². The number of carbonyl (C=O) groups excluding carboxylic acids is 1. The van der Waals surface area contributed by atoms with Gasteiger partial charge >= 0.3 is 12.0 Å². The predicted octanol–water partition coefficient (Wildman–Crippen LogP) is 1.70. The van der Waals surface area contributed by atoms with Gasteiger partial charge in [-0.1, -0.05) is 13.8 Å². The molecule has 0 aliphatic heterocycles. The van der Waals surface area contributed by atoms with E-state index in [0.717, 1.165) is 6.42 Å². The molecule has 6 nitrogen and oxygen atoms in total. The van der Waals surface area contributed by atoms with Crippen LogP contribution in [-0.4, -0.2) is 28.1 Å². The highest BCUT2D eigenvalue weighted by molar-refractivity contribution is 5.98. The second-order valence-electron chi connectivity index (χ2n) is 5.05. The normalized spacial score (nSPS) is 20.0. The molecule has 1 fully saturated rings. The van der Waals surface area contributed by atoms with E-state index in [1.54, 1.807) is 6.07 Å². The van der Waals surface area contributed by atoms with Crippen molar-refractivity contribution in [1.29, 1.82) is 0 Å². The van der Waals surface area contributed by atoms with Crippen LogP contribution in [0.5, 0.6) is 0 Å². The zero-order valence-corrected chi connectivity index (χ0v) is 10.2. The molecule has 96 valence electrons. The van der Waals surface area contributed by atoms with Crippen molar-refractivity contribution in [3.05, 3.63) is 24.0 Å². The lowest BCUT2D eigenvalue weighted by molar-refractivity contribution is 0.0692. The van der Waals surface area contributed by atoms with Crippen molar-refractivity contribution in [2.45, 2.75) is 26.3 Å². The van der Waals surface area contributed by atoms with E-state index in [1.807, 2.05) is 0 Å². The average molecular weight is 249 g/mol. The number of hydrogen-bond donors (Lipinski definition) is 3. The molecule has 0 radical (unpaired) electrons. The molecular weight excluding hydrogens is 234 g/mol. The second-order valence-corrected chi connectivity index (χ2v) is 5.05. The lowest BCUT2D eigenvalue weighted by Gasteiger charge is -2.10. The molecule has 2 amide bonds. The van der Waals surface area contributed by atoms with E-state index in [0.29, 0.717) is 0 Å². The number of hydrogen-bond acceptors (Lipinski definition) is 3. The zero-order valence-electron chi connectivity index (χ0n) is 10.2. The first-order valence-electron chi connectivity index (χ1n) is 5.66. The molecule has 0 aromatic carbocycles. The quantitative estimate of drug-likeness (QED) is 0.760. The number of aromatic nitrogens is 1. The standard InChI is InChI=1S/C12H15N3O3/c1-12(2)6-8(12)15-11(18)14-7-4-3-5-13-9(7)10(16)17/h3-5,8H,6H2,1-2H3,(H,16,17)(H2,14,15,18). The van der Waals surface area contributed by atoms with Gasteiger partial charge in [0.05, 0.1) is 5.69 Å². The molecule has 18 heavy (non-hydrogen) atoms. The van der Waals surface area contributed by atoms with Gasteiger partial charge in [-0.3, -0.25) is 0 Å². The molecule has 1 heterocycles. The maximum absolute atomic E-state index is 11.7. The topological polar surface area (TPSA) is 91.3 Å². The van der Waals surface area contributed by atoms with Gasteiger partial charge in [0.15, 0.2) is 5.69 Å². The van der Waals surface area contributed by atoms with Crippen molar-refractivity contribution in [2.24, 2.45) is 5.41 Å². The van der Waals surface area contributed by atoms with Crippen LogP contribution in [0.4, 0.5) is 10.5 Å². The summed E-state index contributed by atoms with van der Waals surface area (Å²) in [6, 6.07) is 2.82. The molecule has 3 N–H and O–H groups in total. The maximum Gasteiger partial charge on any atom is 0.356 e. The predicted molar refractivity (Wildman–Crippen MR) is 65.5 cm³/mol. The highest BCUT2D eigenvalue weighted by atomic mass is 16.4. The Kier molecular flexibility index (Phi) is 2.94. The van der Waals surface area contributed by atoms with Gasteiger partial charge in [0.25, 0.3) is 0 Å². The minimum Gasteiger partial charge on any atom is -0.476 e. The summed E-state index contributed by atoms with van der Waals surface area (Å²) in [5.41, 5.74) is 0.158. The van der Waals surface area contributed by atoms with Gasteiger partial charge < -0.3 is 15.7 Å². The number of aromatic carboxylic acids is 1. The van der Waals surface area contributed by atoms with Gasteiger partial charge in [0.1, 0.15) is 0 Å². The van der Waals surface area contributed by atoms with E-state index in [4.69, 9.17) is 5.11 Å². The van der Waals surface area contributed by atoms with Crippen molar-refractivity contribution in [3.8, 4) is 0 Å². The third kappa shape index (κ3) is 2.58. The van der Waals surface area contributed by atoms with Crippen LogP contribution in [0, 0.1) is 5.41 Å². The molecule has 2 rings (SSSR count). The van der Waals surface area contributed by atoms with Crippen LogP contribution in [0.3, 0.4) is 0 Å². The summed E-state index contributed by atoms with van der Waals surface area (Å²) >= 11 is 0. The van der Waals surface area contributed by atoms with Gasteiger partial charge in [-0.15, -0.1) is 0 Å². The Hall–Kier alpha value is -2.11. The Morgan fingerprint density at radius 1 is 1.50 bits per heavy atom. The third-order valence-electron chi connectivity index (χ3n) is 3.08. The van der Waals surface area contributed by atoms with Crippen LogP contribution >= 0.6 is 0 Å². The lowest BCUT2D eigenvalue weighted by atomic mass is 10.2. The lowest BCUT2D eigenvalue weighted by Crippen LogP contribution is -2.33. The monoisotopic (exact) mass is 249 g/mol. The van der Waals surface area contributed by atoms with Crippen molar-refractivity contribution in [3.63, 3.8) is 0 Å². The van der Waals surface area contributed by atoms with Gasteiger partial charge in [0, 0.05) is 12.2 Å². The molecule has 0 bridgehead atoms. The molecule has 0 saturated heterocycles. The van der Waals surface area contributed by atoms with E-state index in [2.05, 4.69) is 29.5 Å². The Bertz CT molecular complexity index is 499. The summed E-state index contributed by atoms with van der Waals surface area (Å²) in [5.74, 6) is -1.17. The van der Waals surface area contributed by atoms with Crippen LogP contribution in [0.25, 0.3) is 0 Å². The zero-order chi connectivity index (χ0) is 13.3. The molecule has 1 aliphatic rings. The highest BCUT2D eigenvalue weighted by Crippen LogP contribution is 2.44. The SMILES string of the molecule is CC1(C)CC1NC(=O)Nc1cccnc1C(=O)O. The molecule has 1 atom stereocenters. The number of pyridine rings is 1. The van der Waals surface area contributed by atoms with Crippen LogP contribution in [0.15, 0.2) is 18.3 Å². The Labute approximate surface area is 104 Å². The number of anilines is 1.